The van der Waals surface area contributed by atoms with E-state index in [9.17, 15) is 13.2 Å². The molecule has 0 spiro atoms. The first-order valence-corrected chi connectivity index (χ1v) is 6.09. The van der Waals surface area contributed by atoms with Crippen LogP contribution in [0.5, 0.6) is 0 Å². The zero-order valence-corrected chi connectivity index (χ0v) is 10.5. The van der Waals surface area contributed by atoms with Crippen molar-refractivity contribution in [3.8, 4) is 0 Å². The van der Waals surface area contributed by atoms with Crippen LogP contribution in [0.15, 0.2) is 42.5 Å². The molecule has 2 aromatic rings. The Kier molecular flexibility index (Phi) is 4.25. The van der Waals surface area contributed by atoms with Crippen LogP contribution in [-0.2, 0) is 6.42 Å². The van der Waals surface area contributed by atoms with Gasteiger partial charge in [0.1, 0.15) is 5.82 Å². The van der Waals surface area contributed by atoms with Gasteiger partial charge in [0.05, 0.1) is 0 Å². The smallest absolute Gasteiger partial charge is 0.159 e. The van der Waals surface area contributed by atoms with Gasteiger partial charge in [0, 0.05) is 0 Å². The minimum Gasteiger partial charge on any atom is -0.207 e. The van der Waals surface area contributed by atoms with Crippen molar-refractivity contribution in [2.75, 3.05) is 0 Å². The van der Waals surface area contributed by atoms with Gasteiger partial charge in [0.25, 0.3) is 0 Å². The van der Waals surface area contributed by atoms with Crippen LogP contribution in [0.4, 0.5) is 13.2 Å². The Hall–Kier alpha value is -1.77. The summed E-state index contributed by atoms with van der Waals surface area (Å²) in [4.78, 5) is 0. The number of halogens is 3. The van der Waals surface area contributed by atoms with E-state index in [1.54, 1.807) is 18.2 Å². The monoisotopic (exact) mass is 263 g/mol. The highest BCUT2D eigenvalue weighted by atomic mass is 19.2. The summed E-state index contributed by atoms with van der Waals surface area (Å²) in [6.45, 7) is 1.90. The van der Waals surface area contributed by atoms with Gasteiger partial charge in [-0.3, -0.25) is 0 Å². The van der Waals surface area contributed by atoms with E-state index < -0.39 is 11.6 Å². The summed E-state index contributed by atoms with van der Waals surface area (Å²) >= 11 is 0. The molecule has 0 bridgehead atoms. The predicted octanol–water partition coefficient (Wildman–Crippen LogP) is 4.65. The van der Waals surface area contributed by atoms with Gasteiger partial charge in [-0.1, -0.05) is 25.1 Å². The maximum Gasteiger partial charge on any atom is 0.159 e. The Morgan fingerprint density at radius 2 is 1.63 bits per heavy atom. The van der Waals surface area contributed by atoms with Gasteiger partial charge in [0.15, 0.2) is 11.6 Å². The van der Waals surface area contributed by atoms with E-state index in [4.69, 9.17) is 0 Å². The van der Waals surface area contributed by atoms with Crippen LogP contribution in [0.25, 0.3) is 0 Å². The van der Waals surface area contributed by atoms with Crippen LogP contribution in [0.2, 0.25) is 0 Å². The van der Waals surface area contributed by atoms with Crippen molar-refractivity contribution in [3.63, 3.8) is 0 Å². The van der Waals surface area contributed by atoms with Crippen molar-refractivity contribution in [2.24, 2.45) is 0 Å². The number of rotatable bonds is 4. The third-order valence-corrected chi connectivity index (χ3v) is 3.14. The molecule has 0 nitrogen and oxygen atoms in total. The molecule has 0 aliphatic heterocycles. The fourth-order valence-corrected chi connectivity index (χ4v) is 2.06. The van der Waals surface area contributed by atoms with E-state index in [0.29, 0.717) is 12.0 Å². The average Bonchev–Trinajstić information content (AvgIpc) is 2.41. The van der Waals surface area contributed by atoms with Crippen molar-refractivity contribution in [3.05, 3.63) is 77.5 Å². The van der Waals surface area contributed by atoms with Gasteiger partial charge >= 0.3 is 0 Å². The zero-order valence-electron chi connectivity index (χ0n) is 10.5. The lowest BCUT2D eigenvalue weighted by Gasteiger charge is -2.15. The van der Waals surface area contributed by atoms with Crippen LogP contribution in [0.3, 0.4) is 0 Å². The van der Waals surface area contributed by atoms with Crippen molar-refractivity contribution in [1.29, 1.82) is 0 Å². The summed E-state index contributed by atoms with van der Waals surface area (Å²) in [7, 11) is 0. The topological polar surface area (TPSA) is 0 Å². The fraction of sp³-hybridized carbons (Fsp3) is 0.188. The molecule has 0 saturated carbocycles. The van der Waals surface area contributed by atoms with Crippen LogP contribution >= 0.6 is 0 Å². The average molecular weight is 263 g/mol. The summed E-state index contributed by atoms with van der Waals surface area (Å²) in [5, 5.41) is 0. The van der Waals surface area contributed by atoms with E-state index in [1.165, 1.54) is 18.2 Å². The summed E-state index contributed by atoms with van der Waals surface area (Å²) < 4.78 is 38.9. The van der Waals surface area contributed by atoms with Gasteiger partial charge < -0.3 is 0 Å². The third-order valence-electron chi connectivity index (χ3n) is 3.14. The van der Waals surface area contributed by atoms with Gasteiger partial charge in [-0.25, -0.2) is 13.2 Å². The summed E-state index contributed by atoms with van der Waals surface area (Å²) in [5.41, 5.74) is 1.67. The first-order valence-electron chi connectivity index (χ1n) is 6.09. The quantitative estimate of drug-likeness (QED) is 0.753. The highest BCUT2D eigenvalue weighted by molar-refractivity contribution is 5.27. The van der Waals surface area contributed by atoms with Crippen molar-refractivity contribution in [1.82, 2.24) is 0 Å². The molecule has 1 radical (unpaired) electrons. The van der Waals surface area contributed by atoms with Gasteiger partial charge in [-0.05, 0) is 54.2 Å². The third kappa shape index (κ3) is 3.37. The minimum atomic E-state index is -0.845. The molecule has 0 aliphatic rings. The molecular weight excluding hydrogens is 249 g/mol. The number of hydrogen-bond acceptors (Lipinski definition) is 0. The molecule has 99 valence electrons. The standard InChI is InChI=1S/C16H14F3/c1-2-12(13-4-6-14(17)7-5-13)9-11-3-8-15(18)16(19)10-11/h2-8,10,12H,9H2,1H3. The van der Waals surface area contributed by atoms with Crippen molar-refractivity contribution in [2.45, 2.75) is 19.3 Å². The molecule has 3 heteroatoms. The van der Waals surface area contributed by atoms with Gasteiger partial charge in [-0.15, -0.1) is 0 Å². The lowest BCUT2D eigenvalue weighted by molar-refractivity contribution is 0.506. The molecule has 0 fully saturated rings. The maximum atomic E-state index is 13.2. The zero-order chi connectivity index (χ0) is 13.8. The Bertz CT molecular complexity index is 546. The molecule has 0 saturated heterocycles. The molecular formula is C16H14F3. The lowest BCUT2D eigenvalue weighted by atomic mass is 9.90. The van der Waals surface area contributed by atoms with E-state index in [1.807, 2.05) is 13.3 Å². The van der Waals surface area contributed by atoms with Crippen molar-refractivity contribution >= 4 is 0 Å². The predicted molar refractivity (Wildman–Crippen MR) is 69.2 cm³/mol. The maximum absolute atomic E-state index is 13.2. The second-order valence-electron chi connectivity index (χ2n) is 4.44. The minimum absolute atomic E-state index is 0.0467. The molecule has 0 N–H and O–H groups in total. The molecule has 2 aromatic carbocycles. The van der Waals surface area contributed by atoms with Crippen LogP contribution in [0.1, 0.15) is 24.0 Å². The largest absolute Gasteiger partial charge is 0.207 e. The van der Waals surface area contributed by atoms with E-state index in [0.717, 1.165) is 11.6 Å². The van der Waals surface area contributed by atoms with E-state index in [-0.39, 0.29) is 11.7 Å². The fourth-order valence-electron chi connectivity index (χ4n) is 2.06. The highest BCUT2D eigenvalue weighted by Crippen LogP contribution is 2.24. The number of benzene rings is 2. The molecule has 0 heterocycles. The van der Waals surface area contributed by atoms with Crippen LogP contribution in [-0.4, -0.2) is 0 Å². The Labute approximate surface area is 110 Å². The molecule has 0 amide bonds. The van der Waals surface area contributed by atoms with Crippen molar-refractivity contribution < 1.29 is 13.2 Å². The summed E-state index contributed by atoms with van der Waals surface area (Å²) in [5.74, 6) is -1.93. The first-order chi connectivity index (χ1) is 9.10. The molecule has 1 unspecified atom stereocenters. The van der Waals surface area contributed by atoms with E-state index in [2.05, 4.69) is 0 Å². The highest BCUT2D eigenvalue weighted by Gasteiger charge is 2.12. The Morgan fingerprint density at radius 1 is 0.947 bits per heavy atom. The number of hydrogen-bond donors (Lipinski definition) is 0. The van der Waals surface area contributed by atoms with Gasteiger partial charge in [-0.2, -0.15) is 0 Å². The molecule has 0 aromatic heterocycles. The Morgan fingerprint density at radius 3 is 2.21 bits per heavy atom. The SMILES string of the molecule is C[CH]C(Cc1ccc(F)c(F)c1)c1ccc(F)cc1. The molecule has 1 atom stereocenters. The second-order valence-corrected chi connectivity index (χ2v) is 4.44. The van der Waals surface area contributed by atoms with Gasteiger partial charge in [0.2, 0.25) is 0 Å². The second kappa shape index (κ2) is 5.91. The normalized spacial score (nSPS) is 12.4. The van der Waals surface area contributed by atoms with E-state index >= 15 is 0 Å². The molecule has 19 heavy (non-hydrogen) atoms. The van der Waals surface area contributed by atoms with Crippen LogP contribution in [0, 0.1) is 23.9 Å². The van der Waals surface area contributed by atoms with Crippen LogP contribution < -0.4 is 0 Å². The summed E-state index contributed by atoms with van der Waals surface area (Å²) in [6.07, 6.45) is 2.52. The summed E-state index contributed by atoms with van der Waals surface area (Å²) in [6, 6.07) is 10.1. The lowest BCUT2D eigenvalue weighted by Crippen LogP contribution is -2.03. The Balaban J connectivity index is 2.18. The molecule has 2 rings (SSSR count). The molecule has 0 aliphatic carbocycles. The first kappa shape index (κ1) is 13.7.